The average Bonchev–Trinajstić information content (AvgIpc) is 2.75. The Balaban J connectivity index is 2.32. The number of hydrogen-bond donors (Lipinski definition) is 3. The van der Waals surface area contributed by atoms with Crippen LogP contribution in [0.1, 0.15) is 44.3 Å². The lowest BCUT2D eigenvalue weighted by atomic mass is 9.96. The number of aryl methyl sites for hydroxylation is 2. The third kappa shape index (κ3) is 6.07. The van der Waals surface area contributed by atoms with E-state index < -0.39 is 5.60 Å². The Hall–Kier alpha value is -1.53. The molecule has 0 aliphatic rings. The highest BCUT2D eigenvalue weighted by Gasteiger charge is 2.28. The van der Waals surface area contributed by atoms with Gasteiger partial charge in [0.05, 0.1) is 12.6 Å². The van der Waals surface area contributed by atoms with Gasteiger partial charge in [0, 0.05) is 18.7 Å². The van der Waals surface area contributed by atoms with Crippen LogP contribution in [0.15, 0.2) is 10.5 Å². The Kier molecular flexibility index (Phi) is 6.90. The normalized spacial score (nSPS) is 14.0. The summed E-state index contributed by atoms with van der Waals surface area (Å²) in [5, 5.41) is 15.9. The molecule has 1 heterocycles. The smallest absolute Gasteiger partial charge is 0.314 e. The van der Waals surface area contributed by atoms with Crippen LogP contribution in [0.5, 0.6) is 0 Å². The van der Waals surface area contributed by atoms with Crippen LogP contribution >= 0.6 is 0 Å². The summed E-state index contributed by atoms with van der Waals surface area (Å²) >= 11 is 0. The first-order chi connectivity index (χ1) is 10.2. The largest absolute Gasteiger partial charge is 0.466 e. The number of urea groups is 1. The van der Waals surface area contributed by atoms with Gasteiger partial charge in [-0.25, -0.2) is 4.79 Å². The van der Waals surface area contributed by atoms with E-state index in [2.05, 4.69) is 10.6 Å². The van der Waals surface area contributed by atoms with Crippen molar-refractivity contribution in [3.8, 4) is 0 Å². The van der Waals surface area contributed by atoms with E-state index in [1.54, 1.807) is 19.9 Å². The van der Waals surface area contributed by atoms with Crippen molar-refractivity contribution < 1.29 is 19.1 Å². The van der Waals surface area contributed by atoms with Gasteiger partial charge in [-0.2, -0.15) is 0 Å². The summed E-state index contributed by atoms with van der Waals surface area (Å²) in [6.07, 6.45) is 0.952. The quantitative estimate of drug-likeness (QED) is 0.643. The fraction of sp³-hybridized carbons (Fsp3) is 0.688. The fourth-order valence-corrected chi connectivity index (χ4v) is 2.17. The predicted molar refractivity (Wildman–Crippen MR) is 84.9 cm³/mol. The molecule has 1 atom stereocenters. The Morgan fingerprint density at radius 1 is 1.41 bits per heavy atom. The fourth-order valence-electron chi connectivity index (χ4n) is 2.17. The Morgan fingerprint density at radius 3 is 2.64 bits per heavy atom. The summed E-state index contributed by atoms with van der Waals surface area (Å²) in [5.74, 6) is 1.40. The predicted octanol–water partition coefficient (Wildman–Crippen LogP) is 2.22. The van der Waals surface area contributed by atoms with E-state index in [0.29, 0.717) is 24.5 Å². The van der Waals surface area contributed by atoms with Crippen molar-refractivity contribution in [3.05, 3.63) is 23.2 Å². The number of furan rings is 1. The lowest BCUT2D eigenvalue weighted by Gasteiger charge is -2.23. The van der Waals surface area contributed by atoms with Gasteiger partial charge in [0.15, 0.2) is 0 Å². The van der Waals surface area contributed by atoms with Crippen LogP contribution < -0.4 is 10.6 Å². The molecule has 6 heteroatoms. The van der Waals surface area contributed by atoms with Gasteiger partial charge in [-0.3, -0.25) is 0 Å². The van der Waals surface area contributed by atoms with Crippen molar-refractivity contribution in [2.45, 2.75) is 52.7 Å². The van der Waals surface area contributed by atoms with E-state index in [0.717, 1.165) is 12.2 Å². The van der Waals surface area contributed by atoms with Crippen molar-refractivity contribution >= 4 is 6.03 Å². The highest BCUT2D eigenvalue weighted by atomic mass is 16.5. The number of amides is 2. The van der Waals surface area contributed by atoms with E-state index >= 15 is 0 Å². The molecule has 1 aromatic heterocycles. The Labute approximate surface area is 132 Å². The number of carbonyl (C=O) groups is 1. The van der Waals surface area contributed by atoms with Crippen LogP contribution in [-0.4, -0.2) is 36.9 Å². The summed E-state index contributed by atoms with van der Waals surface area (Å²) in [7, 11) is 0. The van der Waals surface area contributed by atoms with E-state index in [4.69, 9.17) is 9.15 Å². The maximum absolute atomic E-state index is 11.7. The maximum atomic E-state index is 11.7. The first kappa shape index (κ1) is 18.5. The number of ether oxygens (including phenoxy) is 1. The van der Waals surface area contributed by atoms with Crippen molar-refractivity contribution in [2.24, 2.45) is 0 Å². The van der Waals surface area contributed by atoms with Gasteiger partial charge in [-0.05, 0) is 47.1 Å². The van der Waals surface area contributed by atoms with Crippen molar-refractivity contribution in [3.63, 3.8) is 0 Å². The molecular formula is C16H28N2O4. The molecule has 6 nitrogen and oxygen atoms in total. The molecule has 3 N–H and O–H groups in total. The molecule has 0 aromatic carbocycles. The lowest BCUT2D eigenvalue weighted by molar-refractivity contribution is 0.0576. The van der Waals surface area contributed by atoms with Crippen molar-refractivity contribution in [2.75, 3.05) is 19.7 Å². The molecule has 1 rings (SSSR count). The summed E-state index contributed by atoms with van der Waals surface area (Å²) in [4.78, 5) is 11.7. The molecule has 0 fully saturated rings. The Morgan fingerprint density at radius 2 is 2.09 bits per heavy atom. The molecule has 0 spiro atoms. The van der Waals surface area contributed by atoms with Gasteiger partial charge in [0.2, 0.25) is 0 Å². The molecule has 0 saturated heterocycles. The van der Waals surface area contributed by atoms with Gasteiger partial charge in [0.1, 0.15) is 17.1 Å². The highest BCUT2D eigenvalue weighted by molar-refractivity contribution is 5.73. The van der Waals surface area contributed by atoms with Gasteiger partial charge < -0.3 is 24.9 Å². The average molecular weight is 312 g/mol. The molecular weight excluding hydrogens is 284 g/mol. The van der Waals surface area contributed by atoms with E-state index in [9.17, 15) is 9.90 Å². The van der Waals surface area contributed by atoms with Crippen LogP contribution in [0.25, 0.3) is 0 Å². The minimum Gasteiger partial charge on any atom is -0.466 e. The molecule has 2 amide bonds. The molecule has 0 radical (unpaired) electrons. The molecule has 0 aliphatic heterocycles. The SMILES string of the molecule is Cc1cc(C(C)(O)CNC(=O)NCCCOC(C)C)c(C)o1. The molecule has 22 heavy (non-hydrogen) atoms. The molecule has 126 valence electrons. The standard InChI is InChI=1S/C16H28N2O4/c1-11(2)21-8-6-7-17-15(19)18-10-16(5,20)14-9-12(3)22-13(14)4/h9,11,20H,6-8,10H2,1-5H3,(H2,17,18,19). The number of aliphatic hydroxyl groups is 1. The topological polar surface area (TPSA) is 83.7 Å². The summed E-state index contributed by atoms with van der Waals surface area (Å²) in [5.41, 5.74) is -0.476. The number of hydrogen-bond acceptors (Lipinski definition) is 4. The number of nitrogens with one attached hydrogen (secondary N) is 2. The van der Waals surface area contributed by atoms with Crippen molar-refractivity contribution in [1.82, 2.24) is 10.6 Å². The lowest BCUT2D eigenvalue weighted by Crippen LogP contribution is -2.43. The minimum atomic E-state index is -1.17. The van der Waals surface area contributed by atoms with E-state index in [-0.39, 0.29) is 18.7 Å². The zero-order valence-electron chi connectivity index (χ0n) is 14.2. The van der Waals surface area contributed by atoms with Gasteiger partial charge >= 0.3 is 6.03 Å². The summed E-state index contributed by atoms with van der Waals surface area (Å²) in [6.45, 7) is 10.5. The van der Waals surface area contributed by atoms with Crippen LogP contribution in [0.3, 0.4) is 0 Å². The van der Waals surface area contributed by atoms with Gasteiger partial charge in [0.25, 0.3) is 0 Å². The van der Waals surface area contributed by atoms with E-state index in [1.165, 1.54) is 0 Å². The monoisotopic (exact) mass is 312 g/mol. The number of carbonyl (C=O) groups excluding carboxylic acids is 1. The second-order valence-electron chi connectivity index (χ2n) is 5.98. The minimum absolute atomic E-state index is 0.112. The molecule has 0 bridgehead atoms. The van der Waals surface area contributed by atoms with Crippen LogP contribution in [-0.2, 0) is 10.3 Å². The molecule has 1 aromatic rings. The number of rotatable bonds is 8. The third-order valence-electron chi connectivity index (χ3n) is 3.27. The zero-order chi connectivity index (χ0) is 16.8. The van der Waals surface area contributed by atoms with Crippen LogP contribution in [0.4, 0.5) is 4.79 Å². The Bertz CT molecular complexity index is 480. The van der Waals surface area contributed by atoms with Crippen molar-refractivity contribution in [1.29, 1.82) is 0 Å². The zero-order valence-corrected chi connectivity index (χ0v) is 14.2. The highest BCUT2D eigenvalue weighted by Crippen LogP contribution is 2.26. The summed E-state index contributed by atoms with van der Waals surface area (Å²) < 4.78 is 10.8. The second kappa shape index (κ2) is 8.19. The van der Waals surface area contributed by atoms with Crippen LogP contribution in [0, 0.1) is 13.8 Å². The summed E-state index contributed by atoms with van der Waals surface area (Å²) in [6, 6.07) is 1.49. The van der Waals surface area contributed by atoms with Crippen LogP contribution in [0.2, 0.25) is 0 Å². The molecule has 0 aliphatic carbocycles. The first-order valence-electron chi connectivity index (χ1n) is 7.65. The second-order valence-corrected chi connectivity index (χ2v) is 5.98. The molecule has 1 unspecified atom stereocenters. The van der Waals surface area contributed by atoms with E-state index in [1.807, 2.05) is 20.8 Å². The third-order valence-corrected chi connectivity index (χ3v) is 3.27. The molecule has 0 saturated carbocycles. The maximum Gasteiger partial charge on any atom is 0.314 e. The van der Waals surface area contributed by atoms with Gasteiger partial charge in [-0.15, -0.1) is 0 Å². The first-order valence-corrected chi connectivity index (χ1v) is 7.65. The van der Waals surface area contributed by atoms with Gasteiger partial charge in [-0.1, -0.05) is 0 Å².